The van der Waals surface area contributed by atoms with Crippen molar-refractivity contribution in [3.8, 4) is 11.1 Å². The van der Waals surface area contributed by atoms with Crippen LogP contribution in [-0.2, 0) is 20.8 Å². The number of fused-ring (bicyclic) bond motifs is 1. The summed E-state index contributed by atoms with van der Waals surface area (Å²) in [5.74, 6) is -1.74. The summed E-state index contributed by atoms with van der Waals surface area (Å²) in [7, 11) is 0. The van der Waals surface area contributed by atoms with E-state index in [4.69, 9.17) is 5.73 Å². The lowest BCUT2D eigenvalue weighted by Crippen LogP contribution is -2.54. The zero-order valence-corrected chi connectivity index (χ0v) is 23.1. The molecule has 4 N–H and O–H groups in total. The normalized spacial score (nSPS) is 18.4. The van der Waals surface area contributed by atoms with Crippen LogP contribution in [0.25, 0.3) is 22.2 Å². The second-order valence-electron chi connectivity index (χ2n) is 10.8. The highest BCUT2D eigenvalue weighted by Crippen LogP contribution is 2.29. The first-order chi connectivity index (χ1) is 19.7. The van der Waals surface area contributed by atoms with Gasteiger partial charge in [-0.05, 0) is 34.7 Å². The lowest BCUT2D eigenvalue weighted by Gasteiger charge is -2.30. The molecule has 1 aliphatic rings. The summed E-state index contributed by atoms with van der Waals surface area (Å²) in [5.41, 5.74) is 9.96. The minimum Gasteiger partial charge on any atom is -0.391 e. The Morgan fingerprint density at radius 1 is 0.976 bits per heavy atom. The minimum absolute atomic E-state index is 0.00500. The van der Waals surface area contributed by atoms with E-state index in [1.54, 1.807) is 4.68 Å². The van der Waals surface area contributed by atoms with Crippen molar-refractivity contribution in [2.24, 2.45) is 11.7 Å². The summed E-state index contributed by atoms with van der Waals surface area (Å²) in [5, 5.41) is 21.6. The zero-order chi connectivity index (χ0) is 29.1. The maximum absolute atomic E-state index is 13.9. The summed E-state index contributed by atoms with van der Waals surface area (Å²) in [4.78, 5) is 41.1. The number of aromatic nitrogens is 3. The Morgan fingerprint density at radius 3 is 2.32 bits per heavy atom. The molecule has 2 heterocycles. The van der Waals surface area contributed by atoms with E-state index in [0.717, 1.165) is 16.7 Å². The van der Waals surface area contributed by atoms with Crippen molar-refractivity contribution in [1.29, 1.82) is 0 Å². The molecule has 4 aromatic rings. The number of benzene rings is 3. The molecule has 1 aliphatic heterocycles. The van der Waals surface area contributed by atoms with E-state index < -0.39 is 36.0 Å². The third-order valence-electron chi connectivity index (χ3n) is 7.55. The SMILES string of the molecule is CC(C)[C@H](C(=O)N1C[C@H](O)C[C@H]1C(=O)N[C@H](Cc1ccc(-c2ccccc2)cc1)C(N)=O)n1nnc2ccccc21. The summed E-state index contributed by atoms with van der Waals surface area (Å²) >= 11 is 0. The summed E-state index contributed by atoms with van der Waals surface area (Å²) in [6, 6.07) is 22.3. The van der Waals surface area contributed by atoms with Crippen LogP contribution in [0.15, 0.2) is 78.9 Å². The highest BCUT2D eigenvalue weighted by molar-refractivity contribution is 5.93. The lowest BCUT2D eigenvalue weighted by molar-refractivity contribution is -0.143. The van der Waals surface area contributed by atoms with Crippen LogP contribution in [0.4, 0.5) is 0 Å². The number of carbonyl (C=O) groups excluding carboxylic acids is 3. The van der Waals surface area contributed by atoms with Gasteiger partial charge in [0.1, 0.15) is 23.6 Å². The van der Waals surface area contributed by atoms with E-state index in [1.165, 1.54) is 4.90 Å². The fourth-order valence-electron chi connectivity index (χ4n) is 5.43. The number of amides is 3. The van der Waals surface area contributed by atoms with Crippen LogP contribution >= 0.6 is 0 Å². The Balaban J connectivity index is 1.32. The number of carbonyl (C=O) groups is 3. The molecule has 10 nitrogen and oxygen atoms in total. The van der Waals surface area contributed by atoms with Gasteiger partial charge >= 0.3 is 0 Å². The number of β-amino-alcohol motifs (C(OH)–C–C–N with tert-alkyl or cyclic N) is 1. The first kappa shape index (κ1) is 28.0. The number of nitrogens with zero attached hydrogens (tertiary/aromatic N) is 4. The zero-order valence-electron chi connectivity index (χ0n) is 23.1. The van der Waals surface area contributed by atoms with Gasteiger partial charge in [0, 0.05) is 19.4 Å². The number of aliphatic hydroxyl groups excluding tert-OH is 1. The number of nitrogens with one attached hydrogen (secondary N) is 1. The molecule has 3 aromatic carbocycles. The molecule has 0 radical (unpaired) electrons. The summed E-state index contributed by atoms with van der Waals surface area (Å²) < 4.78 is 1.58. The molecule has 0 unspecified atom stereocenters. The van der Waals surface area contributed by atoms with Crippen molar-refractivity contribution in [2.75, 3.05) is 6.54 Å². The first-order valence-electron chi connectivity index (χ1n) is 13.8. The van der Waals surface area contributed by atoms with Crippen LogP contribution in [0, 0.1) is 5.92 Å². The number of hydrogen-bond donors (Lipinski definition) is 3. The van der Waals surface area contributed by atoms with Gasteiger partial charge in [-0.1, -0.05) is 85.8 Å². The minimum atomic E-state index is -0.986. The van der Waals surface area contributed by atoms with Gasteiger partial charge in [-0.15, -0.1) is 5.10 Å². The summed E-state index contributed by atoms with van der Waals surface area (Å²) in [6.45, 7) is 3.79. The summed E-state index contributed by atoms with van der Waals surface area (Å²) in [6.07, 6.45) is -0.635. The van der Waals surface area contributed by atoms with Crippen molar-refractivity contribution < 1.29 is 19.5 Å². The van der Waals surface area contributed by atoms with Crippen molar-refractivity contribution >= 4 is 28.8 Å². The average molecular weight is 555 g/mol. The van der Waals surface area contributed by atoms with Crippen molar-refractivity contribution in [2.45, 2.75) is 50.9 Å². The molecule has 4 atom stereocenters. The molecule has 0 spiro atoms. The number of likely N-dealkylation sites (tertiary alicyclic amines) is 1. The van der Waals surface area contributed by atoms with Gasteiger partial charge in [-0.2, -0.15) is 0 Å². The largest absolute Gasteiger partial charge is 0.391 e. The Labute approximate surface area is 238 Å². The van der Waals surface area contributed by atoms with Gasteiger partial charge in [-0.3, -0.25) is 14.4 Å². The maximum atomic E-state index is 13.9. The molecule has 1 aromatic heterocycles. The molecule has 0 bridgehead atoms. The van der Waals surface area contributed by atoms with Crippen molar-refractivity contribution in [3.05, 3.63) is 84.4 Å². The molecule has 1 fully saturated rings. The Morgan fingerprint density at radius 2 is 1.63 bits per heavy atom. The predicted octanol–water partition coefficient (Wildman–Crippen LogP) is 2.47. The molecule has 10 heteroatoms. The van der Waals surface area contributed by atoms with Crippen LogP contribution < -0.4 is 11.1 Å². The maximum Gasteiger partial charge on any atom is 0.248 e. The third-order valence-corrected chi connectivity index (χ3v) is 7.55. The molecular formula is C31H34N6O4. The van der Waals surface area contributed by atoms with Gasteiger partial charge in [0.2, 0.25) is 17.7 Å². The molecule has 3 amide bonds. The van der Waals surface area contributed by atoms with Crippen LogP contribution in [0.2, 0.25) is 0 Å². The molecular weight excluding hydrogens is 520 g/mol. The quantitative estimate of drug-likeness (QED) is 0.290. The average Bonchev–Trinajstić information content (AvgIpc) is 3.57. The van der Waals surface area contributed by atoms with Crippen molar-refractivity contribution in [3.63, 3.8) is 0 Å². The lowest BCUT2D eigenvalue weighted by atomic mass is 10.00. The molecule has 0 saturated carbocycles. The van der Waals surface area contributed by atoms with Crippen LogP contribution in [0.5, 0.6) is 0 Å². The predicted molar refractivity (Wildman–Crippen MR) is 154 cm³/mol. The Bertz CT molecular complexity index is 1540. The van der Waals surface area contributed by atoms with Gasteiger partial charge in [0.15, 0.2) is 0 Å². The molecule has 41 heavy (non-hydrogen) atoms. The number of para-hydroxylation sites is 1. The number of rotatable bonds is 9. The van der Waals surface area contributed by atoms with Gasteiger partial charge in [-0.25, -0.2) is 4.68 Å². The topological polar surface area (TPSA) is 143 Å². The highest BCUT2D eigenvalue weighted by Gasteiger charge is 2.43. The van der Waals surface area contributed by atoms with E-state index in [-0.39, 0.29) is 31.2 Å². The van der Waals surface area contributed by atoms with Gasteiger partial charge < -0.3 is 21.1 Å². The monoisotopic (exact) mass is 554 g/mol. The number of nitrogens with two attached hydrogens (primary N) is 1. The number of aliphatic hydroxyl groups is 1. The fraction of sp³-hybridized carbons (Fsp3) is 0.323. The second kappa shape index (κ2) is 11.9. The second-order valence-corrected chi connectivity index (χ2v) is 10.8. The van der Waals surface area contributed by atoms with E-state index >= 15 is 0 Å². The first-order valence-corrected chi connectivity index (χ1v) is 13.8. The standard InChI is InChI=1S/C31H34N6O4/c1-19(2)28(37-26-11-7-6-10-24(26)34-35-37)31(41)36-18-23(38)17-27(36)30(40)33-25(29(32)39)16-20-12-14-22(15-13-20)21-8-4-3-5-9-21/h3-15,19,23,25,27-28,38H,16-18H2,1-2H3,(H2,32,39)(H,33,40)/t23-,25-,27+,28-/m1/s1. The third kappa shape index (κ3) is 5.97. The van der Waals surface area contributed by atoms with E-state index in [2.05, 4.69) is 15.6 Å². The highest BCUT2D eigenvalue weighted by atomic mass is 16.3. The Kier molecular flexibility index (Phi) is 8.11. The molecule has 212 valence electrons. The Hall–Kier alpha value is -4.57. The molecule has 5 rings (SSSR count). The van der Waals surface area contributed by atoms with Crippen LogP contribution in [0.1, 0.15) is 31.9 Å². The number of hydrogen-bond acceptors (Lipinski definition) is 6. The van der Waals surface area contributed by atoms with Gasteiger partial charge in [0.25, 0.3) is 0 Å². The van der Waals surface area contributed by atoms with Crippen LogP contribution in [-0.4, -0.2) is 67.5 Å². The fourth-order valence-corrected chi connectivity index (χ4v) is 5.43. The van der Waals surface area contributed by atoms with Crippen LogP contribution in [0.3, 0.4) is 0 Å². The molecule has 0 aliphatic carbocycles. The molecule has 1 saturated heterocycles. The van der Waals surface area contributed by atoms with E-state index in [9.17, 15) is 19.5 Å². The number of primary amides is 1. The van der Waals surface area contributed by atoms with E-state index in [0.29, 0.717) is 11.0 Å². The smallest absolute Gasteiger partial charge is 0.248 e. The van der Waals surface area contributed by atoms with Gasteiger partial charge in [0.05, 0.1) is 11.6 Å². The van der Waals surface area contributed by atoms with Crippen molar-refractivity contribution in [1.82, 2.24) is 25.2 Å². The van der Waals surface area contributed by atoms with E-state index in [1.807, 2.05) is 92.7 Å².